The maximum Gasteiger partial charge on any atom is 0.347 e. The molecular formula is C29H26Cl3NO6. The number of ether oxygens (including phenoxy) is 3. The summed E-state index contributed by atoms with van der Waals surface area (Å²) in [5, 5.41) is 2.32. The molecule has 1 heterocycles. The molecule has 7 nitrogen and oxygen atoms in total. The van der Waals surface area contributed by atoms with Gasteiger partial charge in [0.15, 0.2) is 6.79 Å². The van der Waals surface area contributed by atoms with Crippen molar-refractivity contribution >= 4 is 52.3 Å². The number of hydrogen-bond acceptors (Lipinski definition) is 6. The quantitative estimate of drug-likeness (QED) is 0.144. The Hall–Kier alpha value is -3.07. The van der Waals surface area contributed by atoms with Crippen LogP contribution in [-0.2, 0) is 25.5 Å². The molecule has 0 saturated carbocycles. The van der Waals surface area contributed by atoms with E-state index in [0.717, 1.165) is 5.56 Å². The molecule has 1 atom stereocenters. The average Bonchev–Trinajstić information content (AvgIpc) is 3.11. The third-order valence-corrected chi connectivity index (χ3v) is 7.02. The van der Waals surface area contributed by atoms with Crippen LogP contribution < -0.4 is 4.74 Å². The summed E-state index contributed by atoms with van der Waals surface area (Å²) >= 11 is 18.8. The van der Waals surface area contributed by atoms with Crippen LogP contribution in [0.25, 0.3) is 5.57 Å². The van der Waals surface area contributed by atoms with Gasteiger partial charge < -0.3 is 14.2 Å². The lowest BCUT2D eigenvalue weighted by atomic mass is 9.90. The van der Waals surface area contributed by atoms with Crippen molar-refractivity contribution in [3.8, 4) is 5.75 Å². The number of rotatable bonds is 10. The van der Waals surface area contributed by atoms with E-state index < -0.39 is 17.4 Å². The van der Waals surface area contributed by atoms with E-state index in [2.05, 4.69) is 0 Å². The van der Waals surface area contributed by atoms with Gasteiger partial charge in [-0.3, -0.25) is 4.79 Å². The van der Waals surface area contributed by atoms with E-state index in [0.29, 0.717) is 28.0 Å². The van der Waals surface area contributed by atoms with Crippen LogP contribution in [0.1, 0.15) is 35.3 Å². The molecule has 0 radical (unpaired) electrons. The van der Waals surface area contributed by atoms with Crippen LogP contribution in [0.15, 0.2) is 72.5 Å². The van der Waals surface area contributed by atoms with Gasteiger partial charge in [-0.15, -0.1) is 0 Å². The summed E-state index contributed by atoms with van der Waals surface area (Å²) in [5.74, 6) is -0.897. The minimum atomic E-state index is -1.29. The van der Waals surface area contributed by atoms with E-state index in [9.17, 15) is 9.59 Å². The van der Waals surface area contributed by atoms with Crippen LogP contribution in [0.4, 0.5) is 0 Å². The molecule has 0 spiro atoms. The first-order valence-electron chi connectivity index (χ1n) is 12.0. The zero-order valence-electron chi connectivity index (χ0n) is 21.5. The van der Waals surface area contributed by atoms with Gasteiger partial charge in [0.25, 0.3) is 5.91 Å². The van der Waals surface area contributed by atoms with E-state index in [1.54, 1.807) is 62.4 Å². The second-order valence-corrected chi connectivity index (χ2v) is 10.1. The van der Waals surface area contributed by atoms with Crippen molar-refractivity contribution in [2.45, 2.75) is 25.8 Å². The monoisotopic (exact) mass is 589 g/mol. The summed E-state index contributed by atoms with van der Waals surface area (Å²) in [5.41, 5.74) is 0.0995. The van der Waals surface area contributed by atoms with Gasteiger partial charge in [0.05, 0.1) is 17.7 Å². The fourth-order valence-corrected chi connectivity index (χ4v) is 4.99. The molecule has 1 aliphatic heterocycles. The predicted molar refractivity (Wildman–Crippen MR) is 150 cm³/mol. The highest BCUT2D eigenvalue weighted by atomic mass is 35.5. The highest BCUT2D eigenvalue weighted by molar-refractivity contribution is 6.38. The number of para-hydroxylation sites is 1. The van der Waals surface area contributed by atoms with Crippen LogP contribution in [-0.4, -0.2) is 43.0 Å². The number of hydroxylamine groups is 2. The summed E-state index contributed by atoms with van der Waals surface area (Å²) in [6.45, 7) is 3.72. The molecule has 1 unspecified atom stereocenters. The number of benzene rings is 3. The fraction of sp³-hybridized carbons (Fsp3) is 0.241. The van der Waals surface area contributed by atoms with Crippen molar-refractivity contribution in [3.63, 3.8) is 0 Å². The zero-order chi connectivity index (χ0) is 28.2. The fourth-order valence-electron chi connectivity index (χ4n) is 4.36. The number of carbonyl (C=O) groups is 2. The summed E-state index contributed by atoms with van der Waals surface area (Å²) < 4.78 is 16.8. The van der Waals surface area contributed by atoms with Gasteiger partial charge in [0.1, 0.15) is 22.6 Å². The lowest BCUT2D eigenvalue weighted by Crippen LogP contribution is -2.48. The maximum atomic E-state index is 14.0. The number of nitrogens with zero attached hydrogens (tertiary/aromatic N) is 1. The molecule has 39 heavy (non-hydrogen) atoms. The first-order chi connectivity index (χ1) is 18.7. The number of halogens is 3. The third kappa shape index (κ3) is 6.08. The highest BCUT2D eigenvalue weighted by Crippen LogP contribution is 2.45. The molecule has 1 amide bonds. The Balaban J connectivity index is 1.90. The van der Waals surface area contributed by atoms with Gasteiger partial charge >= 0.3 is 5.97 Å². The third-order valence-electron chi connectivity index (χ3n) is 6.22. The standard InChI is InChI=1S/C29H26Cl3NO6/c1-4-37-17-38-33-27(34)25(21-14-13-20(31)15-23(21)32)26(29(33,2)16-18-9-11-19(30)12-10-18)39-28(35)22-7-5-6-8-24(22)36-3/h5-15H,4,16-17H2,1-3H3. The first kappa shape index (κ1) is 28.9. The van der Waals surface area contributed by atoms with Crippen molar-refractivity contribution < 1.29 is 28.6 Å². The summed E-state index contributed by atoms with van der Waals surface area (Å²) in [6, 6.07) is 18.5. The van der Waals surface area contributed by atoms with Gasteiger partial charge in [-0.2, -0.15) is 0 Å². The molecule has 3 aromatic rings. The number of methoxy groups -OCH3 is 1. The molecule has 0 aliphatic carbocycles. The van der Waals surface area contributed by atoms with Crippen LogP contribution >= 0.6 is 34.8 Å². The number of amides is 1. The summed E-state index contributed by atoms with van der Waals surface area (Å²) in [7, 11) is 1.46. The zero-order valence-corrected chi connectivity index (χ0v) is 23.8. The highest BCUT2D eigenvalue weighted by Gasteiger charge is 2.53. The minimum Gasteiger partial charge on any atom is -0.496 e. The van der Waals surface area contributed by atoms with E-state index >= 15 is 0 Å². The topological polar surface area (TPSA) is 74.3 Å². The van der Waals surface area contributed by atoms with Crippen molar-refractivity contribution in [2.24, 2.45) is 0 Å². The van der Waals surface area contributed by atoms with E-state index in [1.165, 1.54) is 18.2 Å². The molecule has 0 bridgehead atoms. The van der Waals surface area contributed by atoms with Crippen molar-refractivity contribution in [1.82, 2.24) is 5.06 Å². The summed E-state index contributed by atoms with van der Waals surface area (Å²) in [4.78, 5) is 33.4. The van der Waals surface area contributed by atoms with Crippen LogP contribution in [0, 0.1) is 0 Å². The number of hydrogen-bond donors (Lipinski definition) is 0. The molecule has 0 saturated heterocycles. The molecule has 4 rings (SSSR count). The SMILES string of the molecule is CCOCON1C(=O)C(c2ccc(Cl)cc2Cl)=C(OC(=O)c2ccccc2OC)C1(C)Cc1ccc(Cl)cc1. The van der Waals surface area contributed by atoms with E-state index in [1.807, 2.05) is 12.1 Å². The first-order valence-corrected chi connectivity index (χ1v) is 13.2. The molecule has 204 valence electrons. The van der Waals surface area contributed by atoms with E-state index in [4.69, 9.17) is 53.9 Å². The van der Waals surface area contributed by atoms with Crippen LogP contribution in [0.3, 0.4) is 0 Å². The Morgan fingerprint density at radius 1 is 0.974 bits per heavy atom. The Kier molecular flexibility index (Phi) is 9.20. The van der Waals surface area contributed by atoms with Gasteiger partial charge in [-0.25, -0.2) is 14.7 Å². The lowest BCUT2D eigenvalue weighted by molar-refractivity contribution is -0.245. The Morgan fingerprint density at radius 3 is 2.33 bits per heavy atom. The minimum absolute atomic E-state index is 0.0547. The second-order valence-electron chi connectivity index (χ2n) is 8.83. The largest absolute Gasteiger partial charge is 0.496 e. The number of esters is 1. The van der Waals surface area contributed by atoms with Gasteiger partial charge in [-0.1, -0.05) is 65.1 Å². The molecule has 0 aromatic heterocycles. The molecular weight excluding hydrogens is 565 g/mol. The van der Waals surface area contributed by atoms with Gasteiger partial charge in [0, 0.05) is 28.6 Å². The van der Waals surface area contributed by atoms with Crippen molar-refractivity contribution in [2.75, 3.05) is 20.5 Å². The molecule has 10 heteroatoms. The molecule has 0 fully saturated rings. The maximum absolute atomic E-state index is 14.0. The van der Waals surface area contributed by atoms with Crippen molar-refractivity contribution in [3.05, 3.63) is 104 Å². The molecule has 3 aromatic carbocycles. The normalized spacial score (nSPS) is 17.1. The Bertz CT molecular complexity index is 1410. The summed E-state index contributed by atoms with van der Waals surface area (Å²) in [6.07, 6.45) is 0.214. The van der Waals surface area contributed by atoms with Gasteiger partial charge in [0.2, 0.25) is 0 Å². The predicted octanol–water partition coefficient (Wildman–Crippen LogP) is 6.99. The number of carbonyl (C=O) groups excluding carboxylic acids is 2. The Morgan fingerprint density at radius 2 is 1.67 bits per heavy atom. The average molecular weight is 591 g/mol. The molecule has 0 N–H and O–H groups in total. The Labute approximate surface area is 241 Å². The van der Waals surface area contributed by atoms with E-state index in [-0.39, 0.29) is 35.1 Å². The van der Waals surface area contributed by atoms with Crippen LogP contribution in [0.5, 0.6) is 5.75 Å². The van der Waals surface area contributed by atoms with Crippen molar-refractivity contribution in [1.29, 1.82) is 0 Å². The van der Waals surface area contributed by atoms with Gasteiger partial charge in [-0.05, 0) is 55.8 Å². The second kappa shape index (κ2) is 12.4. The lowest BCUT2D eigenvalue weighted by Gasteiger charge is -2.35. The van der Waals surface area contributed by atoms with Crippen LogP contribution in [0.2, 0.25) is 15.1 Å². The smallest absolute Gasteiger partial charge is 0.347 e. The molecule has 1 aliphatic rings.